The monoisotopic (exact) mass is 385 g/mol. The summed E-state index contributed by atoms with van der Waals surface area (Å²) in [5, 5.41) is 2.89. The van der Waals surface area contributed by atoms with Gasteiger partial charge in [0.15, 0.2) is 0 Å². The van der Waals surface area contributed by atoms with Gasteiger partial charge in [-0.05, 0) is 49.1 Å². The van der Waals surface area contributed by atoms with Crippen molar-refractivity contribution >= 4 is 35.6 Å². The minimum atomic E-state index is -0.784. The van der Waals surface area contributed by atoms with Crippen molar-refractivity contribution in [1.29, 1.82) is 0 Å². The first-order valence-electron chi connectivity index (χ1n) is 9.17. The molecule has 27 heavy (non-hydrogen) atoms. The molecule has 2 aromatic carbocycles. The first-order chi connectivity index (χ1) is 12.6. The van der Waals surface area contributed by atoms with Gasteiger partial charge in [0.05, 0.1) is 5.54 Å². The van der Waals surface area contributed by atoms with Gasteiger partial charge in [-0.1, -0.05) is 37.1 Å². The van der Waals surface area contributed by atoms with Crippen LogP contribution < -0.4 is 16.0 Å². The zero-order valence-corrected chi connectivity index (χ0v) is 15.9. The topological polar surface area (TPSA) is 75.4 Å². The SMILES string of the molecule is Cl.NC1(C(=O)Nc2cccc(C(=O)N3CCc4ccccc43)c2)CCCC1. The first kappa shape index (κ1) is 19.4. The smallest absolute Gasteiger partial charge is 0.258 e. The molecule has 4 rings (SSSR count). The molecule has 1 heterocycles. The Morgan fingerprint density at radius 3 is 2.56 bits per heavy atom. The zero-order chi connectivity index (χ0) is 18.1. The Balaban J connectivity index is 0.00000210. The van der Waals surface area contributed by atoms with Gasteiger partial charge >= 0.3 is 0 Å². The van der Waals surface area contributed by atoms with E-state index in [1.54, 1.807) is 29.2 Å². The number of rotatable bonds is 3. The van der Waals surface area contributed by atoms with Crippen LogP contribution in [0, 0.1) is 0 Å². The van der Waals surface area contributed by atoms with E-state index >= 15 is 0 Å². The van der Waals surface area contributed by atoms with E-state index in [0.29, 0.717) is 30.6 Å². The Morgan fingerprint density at radius 2 is 1.78 bits per heavy atom. The maximum Gasteiger partial charge on any atom is 0.258 e. The van der Waals surface area contributed by atoms with E-state index < -0.39 is 5.54 Å². The molecule has 0 aromatic heterocycles. The molecule has 6 heteroatoms. The number of hydrogen-bond donors (Lipinski definition) is 2. The van der Waals surface area contributed by atoms with Crippen LogP contribution in [0.4, 0.5) is 11.4 Å². The highest BCUT2D eigenvalue weighted by Crippen LogP contribution is 2.30. The third-order valence-corrected chi connectivity index (χ3v) is 5.45. The number of hydrogen-bond acceptors (Lipinski definition) is 3. The number of para-hydroxylation sites is 1. The fourth-order valence-electron chi connectivity index (χ4n) is 3.92. The molecule has 1 aliphatic heterocycles. The van der Waals surface area contributed by atoms with Crippen LogP contribution in [0.15, 0.2) is 48.5 Å². The van der Waals surface area contributed by atoms with Crippen LogP contribution in [-0.4, -0.2) is 23.9 Å². The number of carbonyl (C=O) groups is 2. The van der Waals surface area contributed by atoms with E-state index in [4.69, 9.17) is 5.73 Å². The van der Waals surface area contributed by atoms with Gasteiger partial charge in [0.1, 0.15) is 0 Å². The van der Waals surface area contributed by atoms with Crippen molar-refractivity contribution in [2.75, 3.05) is 16.8 Å². The lowest BCUT2D eigenvalue weighted by Gasteiger charge is -2.22. The highest BCUT2D eigenvalue weighted by molar-refractivity contribution is 6.08. The second-order valence-corrected chi connectivity index (χ2v) is 7.23. The fraction of sp³-hybridized carbons (Fsp3) is 0.333. The number of carbonyl (C=O) groups excluding carboxylic acids is 2. The van der Waals surface area contributed by atoms with Gasteiger partial charge < -0.3 is 16.0 Å². The van der Waals surface area contributed by atoms with Crippen molar-refractivity contribution in [3.05, 3.63) is 59.7 Å². The van der Waals surface area contributed by atoms with Crippen LogP contribution in [-0.2, 0) is 11.2 Å². The van der Waals surface area contributed by atoms with Crippen molar-refractivity contribution < 1.29 is 9.59 Å². The lowest BCUT2D eigenvalue weighted by atomic mass is 9.98. The molecular formula is C21H24ClN3O2. The largest absolute Gasteiger partial charge is 0.324 e. The van der Waals surface area contributed by atoms with Crippen LogP contribution in [0.1, 0.15) is 41.6 Å². The van der Waals surface area contributed by atoms with E-state index in [1.807, 2.05) is 18.2 Å². The van der Waals surface area contributed by atoms with Gasteiger partial charge in [-0.3, -0.25) is 9.59 Å². The van der Waals surface area contributed by atoms with Crippen molar-refractivity contribution in [1.82, 2.24) is 0 Å². The highest BCUT2D eigenvalue weighted by Gasteiger charge is 2.37. The fourth-order valence-corrected chi connectivity index (χ4v) is 3.92. The summed E-state index contributed by atoms with van der Waals surface area (Å²) in [6, 6.07) is 15.1. The quantitative estimate of drug-likeness (QED) is 0.848. The van der Waals surface area contributed by atoms with Crippen molar-refractivity contribution in [2.45, 2.75) is 37.6 Å². The third kappa shape index (κ3) is 3.70. The Kier molecular flexibility index (Phi) is 5.53. The molecule has 5 nitrogen and oxygen atoms in total. The summed E-state index contributed by atoms with van der Waals surface area (Å²) < 4.78 is 0. The summed E-state index contributed by atoms with van der Waals surface area (Å²) in [7, 11) is 0. The predicted molar refractivity (Wildman–Crippen MR) is 110 cm³/mol. The number of anilines is 2. The molecule has 142 valence electrons. The van der Waals surface area contributed by atoms with Crippen LogP contribution in [0.2, 0.25) is 0 Å². The number of halogens is 1. The van der Waals surface area contributed by atoms with Crippen LogP contribution in [0.3, 0.4) is 0 Å². The summed E-state index contributed by atoms with van der Waals surface area (Å²) >= 11 is 0. The van der Waals surface area contributed by atoms with Crippen LogP contribution in [0.25, 0.3) is 0 Å². The minimum Gasteiger partial charge on any atom is -0.324 e. The maximum atomic E-state index is 13.0. The molecule has 1 fully saturated rings. The zero-order valence-electron chi connectivity index (χ0n) is 15.1. The normalized spacial score (nSPS) is 17.1. The lowest BCUT2D eigenvalue weighted by molar-refractivity contribution is -0.121. The Hall–Kier alpha value is -2.37. The number of nitrogens with one attached hydrogen (secondary N) is 1. The van der Waals surface area contributed by atoms with Crippen molar-refractivity contribution in [3.8, 4) is 0 Å². The number of nitrogens with two attached hydrogens (primary N) is 1. The van der Waals surface area contributed by atoms with Crippen LogP contribution in [0.5, 0.6) is 0 Å². The van der Waals surface area contributed by atoms with Crippen molar-refractivity contribution in [2.24, 2.45) is 5.73 Å². The number of fused-ring (bicyclic) bond motifs is 1. The predicted octanol–water partition coefficient (Wildman–Crippen LogP) is 3.52. The molecule has 0 unspecified atom stereocenters. The van der Waals surface area contributed by atoms with Gasteiger partial charge in [-0.25, -0.2) is 0 Å². The van der Waals surface area contributed by atoms with E-state index in [2.05, 4.69) is 11.4 Å². The van der Waals surface area contributed by atoms with E-state index in [1.165, 1.54) is 5.56 Å². The summed E-state index contributed by atoms with van der Waals surface area (Å²) in [5.41, 5.74) is 8.77. The molecule has 1 saturated carbocycles. The molecule has 0 spiro atoms. The molecule has 2 amide bonds. The van der Waals surface area contributed by atoms with Gasteiger partial charge in [-0.15, -0.1) is 12.4 Å². The first-order valence-corrected chi connectivity index (χ1v) is 9.17. The number of nitrogens with zero attached hydrogens (tertiary/aromatic N) is 1. The maximum absolute atomic E-state index is 13.0. The number of amides is 2. The Morgan fingerprint density at radius 1 is 1.04 bits per heavy atom. The molecule has 0 atom stereocenters. The van der Waals surface area contributed by atoms with Gasteiger partial charge in [0.2, 0.25) is 5.91 Å². The number of benzene rings is 2. The minimum absolute atomic E-state index is 0. The van der Waals surface area contributed by atoms with Crippen LogP contribution >= 0.6 is 12.4 Å². The summed E-state index contributed by atoms with van der Waals surface area (Å²) in [5.74, 6) is -0.208. The van der Waals surface area contributed by atoms with Gasteiger partial charge in [-0.2, -0.15) is 0 Å². The molecule has 3 N–H and O–H groups in total. The molecule has 0 bridgehead atoms. The third-order valence-electron chi connectivity index (χ3n) is 5.45. The van der Waals surface area contributed by atoms with Gasteiger partial charge in [0, 0.05) is 23.5 Å². The molecule has 0 radical (unpaired) electrons. The van der Waals surface area contributed by atoms with E-state index in [0.717, 1.165) is 24.9 Å². The standard InChI is InChI=1S/C21H23N3O2.ClH/c22-21(11-3-4-12-21)20(26)23-17-8-5-7-16(14-17)19(25)24-13-10-15-6-1-2-9-18(15)24;/h1-2,5-9,14H,3-4,10-13,22H2,(H,23,26);1H. The highest BCUT2D eigenvalue weighted by atomic mass is 35.5. The molecule has 0 saturated heterocycles. The summed E-state index contributed by atoms with van der Waals surface area (Å²) in [6.07, 6.45) is 4.26. The second-order valence-electron chi connectivity index (χ2n) is 7.23. The summed E-state index contributed by atoms with van der Waals surface area (Å²) in [4.78, 5) is 27.3. The van der Waals surface area contributed by atoms with Gasteiger partial charge in [0.25, 0.3) is 5.91 Å². The van der Waals surface area contributed by atoms with E-state index in [9.17, 15) is 9.59 Å². The summed E-state index contributed by atoms with van der Waals surface area (Å²) in [6.45, 7) is 0.681. The van der Waals surface area contributed by atoms with E-state index in [-0.39, 0.29) is 24.2 Å². The Bertz CT molecular complexity index is 862. The Labute approximate surface area is 165 Å². The molecular weight excluding hydrogens is 362 g/mol. The average Bonchev–Trinajstić information content (AvgIpc) is 3.28. The molecule has 2 aliphatic rings. The molecule has 2 aromatic rings. The van der Waals surface area contributed by atoms with Crippen molar-refractivity contribution in [3.63, 3.8) is 0 Å². The lowest BCUT2D eigenvalue weighted by Crippen LogP contribution is -2.48. The average molecular weight is 386 g/mol. The molecule has 1 aliphatic carbocycles. The second kappa shape index (κ2) is 7.71.